The molecule has 0 spiro atoms. The van der Waals surface area contributed by atoms with Crippen LogP contribution in [0.15, 0.2) is 54.9 Å². The molecule has 0 saturated carbocycles. The summed E-state index contributed by atoms with van der Waals surface area (Å²) < 4.78 is 13.7. The van der Waals surface area contributed by atoms with E-state index in [1.165, 1.54) is 0 Å². The Hall–Kier alpha value is -2.63. The summed E-state index contributed by atoms with van der Waals surface area (Å²) in [5.41, 5.74) is 4.85. The molecule has 0 aliphatic carbocycles. The zero-order valence-electron chi connectivity index (χ0n) is 16.2. The Kier molecular flexibility index (Phi) is 5.74. The lowest BCUT2D eigenvalue weighted by molar-refractivity contribution is 0.0973. The van der Waals surface area contributed by atoms with E-state index in [4.69, 9.17) is 14.5 Å². The van der Waals surface area contributed by atoms with Crippen LogP contribution in [0.25, 0.3) is 22.5 Å². The number of imidazole rings is 1. The Morgan fingerprint density at radius 3 is 2.75 bits per heavy atom. The van der Waals surface area contributed by atoms with Gasteiger partial charge in [0.15, 0.2) is 0 Å². The van der Waals surface area contributed by atoms with E-state index in [1.54, 1.807) is 0 Å². The Bertz CT molecular complexity index is 915. The molecule has 2 heterocycles. The van der Waals surface area contributed by atoms with Gasteiger partial charge in [-0.3, -0.25) is 0 Å². The van der Waals surface area contributed by atoms with Gasteiger partial charge in [0.05, 0.1) is 43.6 Å². The zero-order valence-corrected chi connectivity index (χ0v) is 16.2. The second-order valence-electron chi connectivity index (χ2n) is 7.01. The minimum Gasteiger partial charge on any atom is -0.494 e. The van der Waals surface area contributed by atoms with Crippen molar-refractivity contribution in [2.45, 2.75) is 39.0 Å². The van der Waals surface area contributed by atoms with Crippen LogP contribution in [0.2, 0.25) is 0 Å². The number of hydrogen-bond acceptors (Lipinski definition) is 4. The van der Waals surface area contributed by atoms with Crippen LogP contribution in [0.1, 0.15) is 25.3 Å². The summed E-state index contributed by atoms with van der Waals surface area (Å²) in [5, 5.41) is 9.83. The normalized spacial score (nSPS) is 16.4. The molecule has 1 aromatic heterocycles. The predicted molar refractivity (Wildman–Crippen MR) is 109 cm³/mol. The molecule has 2 aromatic carbocycles. The quantitative estimate of drug-likeness (QED) is 0.666. The summed E-state index contributed by atoms with van der Waals surface area (Å²) in [4.78, 5) is 4.73. The third kappa shape index (κ3) is 3.81. The van der Waals surface area contributed by atoms with Crippen LogP contribution >= 0.6 is 0 Å². The van der Waals surface area contributed by atoms with Gasteiger partial charge in [-0.2, -0.15) is 0 Å². The first-order valence-corrected chi connectivity index (χ1v) is 9.89. The summed E-state index contributed by atoms with van der Waals surface area (Å²) in [6.45, 7) is 4.05. The van der Waals surface area contributed by atoms with E-state index in [0.29, 0.717) is 6.61 Å². The van der Waals surface area contributed by atoms with Gasteiger partial charge in [0, 0.05) is 23.3 Å². The van der Waals surface area contributed by atoms with Gasteiger partial charge >= 0.3 is 0 Å². The highest BCUT2D eigenvalue weighted by Crippen LogP contribution is 2.34. The van der Waals surface area contributed by atoms with Gasteiger partial charge in [0.2, 0.25) is 0 Å². The monoisotopic (exact) mass is 378 g/mol. The summed E-state index contributed by atoms with van der Waals surface area (Å²) >= 11 is 0. The maximum Gasteiger partial charge on any atom is 0.124 e. The summed E-state index contributed by atoms with van der Waals surface area (Å²) in [5.74, 6) is 0.722. The lowest BCUT2D eigenvalue weighted by Gasteiger charge is -2.16. The second kappa shape index (κ2) is 8.59. The van der Waals surface area contributed by atoms with Crippen molar-refractivity contribution >= 4 is 0 Å². The molecule has 0 amide bonds. The van der Waals surface area contributed by atoms with E-state index < -0.39 is 0 Å². The fraction of sp³-hybridized carbons (Fsp3) is 0.348. The molecule has 1 aliphatic rings. The van der Waals surface area contributed by atoms with Crippen LogP contribution in [0.3, 0.4) is 0 Å². The molecule has 0 bridgehead atoms. The standard InChI is InChI=1S/C23H26N2O3/c1-2-27-21-11-10-18(13-19(21)15-26)23-22(17-7-4-3-5-8-17)24-16-25(23)14-20-9-6-12-28-20/h3-5,7-8,10-11,13,16,20,26H,2,6,9,12,14-15H2,1H3/t20-/m0/s1. The molecule has 5 nitrogen and oxygen atoms in total. The molecule has 28 heavy (non-hydrogen) atoms. The number of nitrogens with zero attached hydrogens (tertiary/aromatic N) is 2. The largest absolute Gasteiger partial charge is 0.494 e. The molecule has 1 atom stereocenters. The number of ether oxygens (including phenoxy) is 2. The molecule has 3 aromatic rings. The third-order valence-corrected chi connectivity index (χ3v) is 5.11. The molecule has 1 aliphatic heterocycles. The third-order valence-electron chi connectivity index (χ3n) is 5.11. The van der Waals surface area contributed by atoms with Crippen LogP contribution in [0.4, 0.5) is 0 Å². The van der Waals surface area contributed by atoms with E-state index in [9.17, 15) is 5.11 Å². The molecule has 4 rings (SSSR count). The Balaban J connectivity index is 1.79. The van der Waals surface area contributed by atoms with E-state index in [0.717, 1.165) is 59.8 Å². The van der Waals surface area contributed by atoms with Crippen LogP contribution in [0.5, 0.6) is 5.75 Å². The fourth-order valence-corrected chi connectivity index (χ4v) is 3.78. The molecule has 0 unspecified atom stereocenters. The SMILES string of the molecule is CCOc1ccc(-c2c(-c3ccccc3)ncn2C[C@@H]2CCCO2)cc1CO. The van der Waals surface area contributed by atoms with Crippen molar-refractivity contribution in [3.63, 3.8) is 0 Å². The first-order valence-electron chi connectivity index (χ1n) is 9.89. The van der Waals surface area contributed by atoms with Gasteiger partial charge in [-0.25, -0.2) is 4.98 Å². The molecule has 146 valence electrons. The van der Waals surface area contributed by atoms with Crippen molar-refractivity contribution in [1.82, 2.24) is 9.55 Å². The summed E-state index contributed by atoms with van der Waals surface area (Å²) in [6.07, 6.45) is 4.30. The summed E-state index contributed by atoms with van der Waals surface area (Å²) in [6, 6.07) is 16.2. The predicted octanol–water partition coefficient (Wildman–Crippen LogP) is 4.29. The van der Waals surface area contributed by atoms with Gasteiger partial charge in [-0.1, -0.05) is 30.3 Å². The second-order valence-corrected chi connectivity index (χ2v) is 7.01. The van der Waals surface area contributed by atoms with Crippen LogP contribution in [-0.4, -0.2) is 34.0 Å². The number of aliphatic hydroxyl groups excluding tert-OH is 1. The smallest absolute Gasteiger partial charge is 0.124 e. The van der Waals surface area contributed by atoms with Crippen LogP contribution < -0.4 is 4.74 Å². The zero-order chi connectivity index (χ0) is 19.3. The van der Waals surface area contributed by atoms with Gasteiger partial charge < -0.3 is 19.1 Å². The van der Waals surface area contributed by atoms with Crippen molar-refractivity contribution in [2.75, 3.05) is 13.2 Å². The van der Waals surface area contributed by atoms with Crippen LogP contribution in [0, 0.1) is 0 Å². The van der Waals surface area contributed by atoms with Gasteiger partial charge in [-0.15, -0.1) is 0 Å². The van der Waals surface area contributed by atoms with E-state index in [2.05, 4.69) is 16.7 Å². The maximum atomic E-state index is 9.83. The van der Waals surface area contributed by atoms with Gasteiger partial charge in [-0.05, 0) is 38.0 Å². The highest BCUT2D eigenvalue weighted by molar-refractivity contribution is 5.79. The van der Waals surface area contributed by atoms with Crippen molar-refractivity contribution in [1.29, 1.82) is 0 Å². The van der Waals surface area contributed by atoms with Crippen molar-refractivity contribution in [3.8, 4) is 28.3 Å². The maximum absolute atomic E-state index is 9.83. The number of aromatic nitrogens is 2. The Morgan fingerprint density at radius 2 is 2.04 bits per heavy atom. The van der Waals surface area contributed by atoms with Crippen molar-refractivity contribution in [3.05, 3.63) is 60.4 Å². The first-order chi connectivity index (χ1) is 13.8. The minimum atomic E-state index is -0.0658. The lowest BCUT2D eigenvalue weighted by Crippen LogP contribution is -2.15. The lowest BCUT2D eigenvalue weighted by atomic mass is 10.0. The first kappa shape index (κ1) is 18.7. The topological polar surface area (TPSA) is 56.5 Å². The Morgan fingerprint density at radius 1 is 1.18 bits per heavy atom. The Labute approximate surface area is 165 Å². The molecule has 1 saturated heterocycles. The summed E-state index contributed by atoms with van der Waals surface area (Å²) in [7, 11) is 0. The fourth-order valence-electron chi connectivity index (χ4n) is 3.78. The number of aliphatic hydroxyl groups is 1. The van der Waals surface area contributed by atoms with E-state index >= 15 is 0 Å². The number of rotatable bonds is 7. The van der Waals surface area contributed by atoms with Crippen LogP contribution in [-0.2, 0) is 17.9 Å². The van der Waals surface area contributed by atoms with Crippen molar-refractivity contribution < 1.29 is 14.6 Å². The molecule has 5 heteroatoms. The van der Waals surface area contributed by atoms with Gasteiger partial charge in [0.25, 0.3) is 0 Å². The highest BCUT2D eigenvalue weighted by atomic mass is 16.5. The molecule has 1 N–H and O–H groups in total. The average Bonchev–Trinajstić information content (AvgIpc) is 3.40. The molecule has 0 radical (unpaired) electrons. The highest BCUT2D eigenvalue weighted by Gasteiger charge is 2.21. The van der Waals surface area contributed by atoms with Crippen molar-refractivity contribution in [2.24, 2.45) is 0 Å². The minimum absolute atomic E-state index is 0.0658. The van der Waals surface area contributed by atoms with Gasteiger partial charge in [0.1, 0.15) is 5.75 Å². The number of benzene rings is 2. The molecular formula is C23H26N2O3. The molecule has 1 fully saturated rings. The number of hydrogen-bond donors (Lipinski definition) is 1. The van der Waals surface area contributed by atoms with E-state index in [1.807, 2.05) is 49.6 Å². The average molecular weight is 378 g/mol. The van der Waals surface area contributed by atoms with E-state index in [-0.39, 0.29) is 12.7 Å². The molecular weight excluding hydrogens is 352 g/mol.